The molecule has 0 atom stereocenters. The van der Waals surface area contributed by atoms with E-state index in [0.717, 1.165) is 86.8 Å². The third-order valence-electron chi connectivity index (χ3n) is 8.41. The molecule has 1 aromatic carbocycles. The summed E-state index contributed by atoms with van der Waals surface area (Å²) in [6.07, 6.45) is 8.48. The maximum Gasteiger partial charge on any atom is 0.124 e. The van der Waals surface area contributed by atoms with Crippen LogP contribution in [0.3, 0.4) is 0 Å². The van der Waals surface area contributed by atoms with Gasteiger partial charge in [-0.05, 0) is 62.0 Å². The van der Waals surface area contributed by atoms with Gasteiger partial charge in [-0.15, -0.1) is 0 Å². The monoisotopic (exact) mass is 590 g/mol. The highest BCUT2D eigenvalue weighted by Crippen LogP contribution is 2.39. The van der Waals surface area contributed by atoms with E-state index in [1.165, 1.54) is 67.6 Å². The lowest BCUT2D eigenvalue weighted by Crippen LogP contribution is -2.46. The molecule has 0 radical (unpaired) electrons. The lowest BCUT2D eigenvalue weighted by molar-refractivity contribution is 0.123. The summed E-state index contributed by atoms with van der Waals surface area (Å²) in [4.78, 5) is 11.6. The molecule has 2 saturated heterocycles. The van der Waals surface area contributed by atoms with Gasteiger partial charge in [0, 0.05) is 76.6 Å². The van der Waals surface area contributed by atoms with Crippen molar-refractivity contribution in [3.8, 4) is 16.2 Å². The zero-order valence-electron chi connectivity index (χ0n) is 24.6. The van der Waals surface area contributed by atoms with Crippen molar-refractivity contribution in [1.82, 2.24) is 19.6 Å². The summed E-state index contributed by atoms with van der Waals surface area (Å²) in [7, 11) is 3.57. The van der Waals surface area contributed by atoms with Crippen LogP contribution in [0.4, 0.5) is 0 Å². The first-order chi connectivity index (χ1) is 19.0. The fraction of sp³-hybridized carbons (Fsp3) is 0.710. The molecule has 39 heavy (non-hydrogen) atoms. The molecular formula is C31H50N4OS3. The molecule has 2 aliphatic rings. The summed E-state index contributed by atoms with van der Waals surface area (Å²) in [6.45, 7) is 19.6. The highest BCUT2D eigenvalue weighted by Gasteiger charge is 2.23. The molecule has 2 aliphatic heterocycles. The van der Waals surface area contributed by atoms with Crippen LogP contribution < -0.4 is 0 Å². The molecule has 218 valence electrons. The summed E-state index contributed by atoms with van der Waals surface area (Å²) in [5, 5.41) is 11.6. The summed E-state index contributed by atoms with van der Waals surface area (Å²) in [5.41, 5.74) is 4.76. The van der Waals surface area contributed by atoms with Crippen LogP contribution in [-0.2, 0) is 19.5 Å². The number of piperazine rings is 2. The van der Waals surface area contributed by atoms with Gasteiger partial charge in [-0.1, -0.05) is 72.9 Å². The van der Waals surface area contributed by atoms with Crippen molar-refractivity contribution in [2.45, 2.75) is 78.8 Å². The molecule has 0 spiro atoms. The summed E-state index contributed by atoms with van der Waals surface area (Å²) < 4.78 is 1.05. The Labute approximate surface area is 249 Å². The highest BCUT2D eigenvalue weighted by atomic mass is 32.9. The highest BCUT2D eigenvalue weighted by molar-refractivity contribution is 7.80. The van der Waals surface area contributed by atoms with Gasteiger partial charge >= 0.3 is 0 Å². The van der Waals surface area contributed by atoms with Crippen LogP contribution >= 0.6 is 32.9 Å². The Bertz CT molecular complexity index is 1020. The van der Waals surface area contributed by atoms with Crippen molar-refractivity contribution in [2.24, 2.45) is 0 Å². The Hall–Kier alpha value is -0.870. The lowest BCUT2D eigenvalue weighted by atomic mass is 9.98. The summed E-state index contributed by atoms with van der Waals surface area (Å²) in [6, 6.07) is 4.54. The maximum atomic E-state index is 11.6. The molecule has 0 aliphatic carbocycles. The first-order valence-corrected chi connectivity index (χ1v) is 17.9. The molecule has 3 heterocycles. The number of unbranched alkanes of at least 4 members (excludes halogenated alkanes) is 3. The van der Waals surface area contributed by atoms with Crippen molar-refractivity contribution in [2.75, 3.05) is 65.4 Å². The zero-order chi connectivity index (χ0) is 27.6. The third-order valence-corrected chi connectivity index (χ3v) is 11.6. The second-order valence-electron chi connectivity index (χ2n) is 11.5. The number of phenols is 1. The van der Waals surface area contributed by atoms with E-state index < -0.39 is 0 Å². The zero-order valence-corrected chi connectivity index (χ0v) is 27.0. The minimum absolute atomic E-state index is 0.509. The Morgan fingerprint density at radius 2 is 1.15 bits per heavy atom. The van der Waals surface area contributed by atoms with Crippen molar-refractivity contribution >= 4 is 32.9 Å². The van der Waals surface area contributed by atoms with Crippen LogP contribution in [0.25, 0.3) is 10.4 Å². The minimum atomic E-state index is 0.509. The van der Waals surface area contributed by atoms with Gasteiger partial charge in [0.2, 0.25) is 0 Å². The van der Waals surface area contributed by atoms with Crippen molar-refractivity contribution in [1.29, 1.82) is 0 Å². The second-order valence-corrected chi connectivity index (χ2v) is 14.3. The SMILES string of the molecule is CCCCc1c(-c2cc(CN3CCN(CCCC)CC3)c(O)c(CN3CCN(CCCC)CC3)c2)ssc1=S. The van der Waals surface area contributed by atoms with Crippen LogP contribution in [0.2, 0.25) is 0 Å². The van der Waals surface area contributed by atoms with Crippen molar-refractivity contribution in [3.05, 3.63) is 32.6 Å². The molecule has 2 aromatic rings. The van der Waals surface area contributed by atoms with Crippen LogP contribution in [0.1, 0.15) is 76.0 Å². The van der Waals surface area contributed by atoms with Crippen LogP contribution in [0.15, 0.2) is 12.1 Å². The molecule has 0 saturated carbocycles. The molecule has 1 N–H and O–H groups in total. The molecule has 8 heteroatoms. The van der Waals surface area contributed by atoms with Gasteiger partial charge in [0.1, 0.15) is 9.57 Å². The third kappa shape index (κ3) is 8.81. The molecule has 5 nitrogen and oxygen atoms in total. The lowest BCUT2D eigenvalue weighted by Gasteiger charge is -2.36. The van der Waals surface area contributed by atoms with E-state index in [2.05, 4.69) is 52.5 Å². The van der Waals surface area contributed by atoms with Gasteiger partial charge in [0.25, 0.3) is 0 Å². The van der Waals surface area contributed by atoms with E-state index in [1.54, 1.807) is 10.3 Å². The molecule has 0 unspecified atom stereocenters. The minimum Gasteiger partial charge on any atom is -0.507 e. The number of nitrogens with zero attached hydrogens (tertiary/aromatic N) is 4. The molecule has 0 bridgehead atoms. The van der Waals surface area contributed by atoms with Crippen LogP contribution in [-0.4, -0.2) is 90.2 Å². The molecule has 1 aromatic heterocycles. The molecule has 2 fully saturated rings. The Kier molecular flexibility index (Phi) is 12.7. The Morgan fingerprint density at radius 3 is 1.62 bits per heavy atom. The maximum absolute atomic E-state index is 11.6. The second kappa shape index (κ2) is 15.9. The topological polar surface area (TPSA) is 33.2 Å². The average molecular weight is 591 g/mol. The van der Waals surface area contributed by atoms with Gasteiger partial charge in [-0.2, -0.15) is 0 Å². The van der Waals surface area contributed by atoms with Gasteiger partial charge in [-0.3, -0.25) is 9.80 Å². The summed E-state index contributed by atoms with van der Waals surface area (Å²) in [5.74, 6) is 0.509. The number of rotatable bonds is 14. The van der Waals surface area contributed by atoms with Crippen LogP contribution in [0, 0.1) is 3.82 Å². The van der Waals surface area contributed by atoms with E-state index in [0.29, 0.717) is 5.75 Å². The fourth-order valence-corrected chi connectivity index (χ4v) is 8.78. The van der Waals surface area contributed by atoms with Gasteiger partial charge in [0.05, 0.1) is 4.88 Å². The molecule has 0 amide bonds. The Balaban J connectivity index is 1.54. The number of phenolic OH excluding ortho intramolecular Hbond substituents is 1. The largest absolute Gasteiger partial charge is 0.507 e. The van der Waals surface area contributed by atoms with E-state index in [4.69, 9.17) is 12.2 Å². The van der Waals surface area contributed by atoms with Gasteiger partial charge < -0.3 is 14.9 Å². The normalized spacial score (nSPS) is 18.2. The number of aromatic hydroxyl groups is 1. The first-order valence-electron chi connectivity index (χ1n) is 15.4. The van der Waals surface area contributed by atoms with E-state index in [1.807, 2.05) is 10.3 Å². The number of hydrogen-bond donors (Lipinski definition) is 1. The molecule has 4 rings (SSSR count). The predicted molar refractivity (Wildman–Crippen MR) is 172 cm³/mol. The van der Waals surface area contributed by atoms with Crippen molar-refractivity contribution < 1.29 is 5.11 Å². The Morgan fingerprint density at radius 1 is 0.692 bits per heavy atom. The van der Waals surface area contributed by atoms with E-state index >= 15 is 0 Å². The predicted octanol–water partition coefficient (Wildman–Crippen LogP) is 7.09. The van der Waals surface area contributed by atoms with Crippen LogP contribution in [0.5, 0.6) is 5.75 Å². The number of benzene rings is 1. The average Bonchev–Trinajstić information content (AvgIpc) is 3.33. The number of hydrogen-bond acceptors (Lipinski definition) is 8. The van der Waals surface area contributed by atoms with Gasteiger partial charge in [0.15, 0.2) is 0 Å². The van der Waals surface area contributed by atoms with E-state index in [-0.39, 0.29) is 0 Å². The van der Waals surface area contributed by atoms with Crippen molar-refractivity contribution in [3.63, 3.8) is 0 Å². The standard InChI is InChI=1S/C31H50N4OS3/c1-4-7-10-28-30(38-39-31(28)37)25-21-26(23-34-17-13-32(14-18-34)11-8-5-2)29(36)27(22-25)24-35-19-15-33(16-20-35)12-9-6-3/h21-22,36H,4-20,23-24H2,1-3H3. The smallest absolute Gasteiger partial charge is 0.124 e. The molecular weight excluding hydrogens is 541 g/mol. The fourth-order valence-electron chi connectivity index (χ4n) is 5.78. The first kappa shape index (κ1) is 31.1. The van der Waals surface area contributed by atoms with E-state index in [9.17, 15) is 5.11 Å². The quantitative estimate of drug-likeness (QED) is 0.187. The van der Waals surface area contributed by atoms with Gasteiger partial charge in [-0.25, -0.2) is 0 Å². The summed E-state index contributed by atoms with van der Waals surface area (Å²) >= 11 is 5.78.